The second-order valence-corrected chi connectivity index (χ2v) is 6.63. The number of hydrogen-bond acceptors (Lipinski definition) is 3. The van der Waals surface area contributed by atoms with Crippen LogP contribution in [0.25, 0.3) is 0 Å². The molecule has 0 saturated carbocycles. The van der Waals surface area contributed by atoms with Crippen LogP contribution in [0, 0.1) is 11.8 Å². The van der Waals surface area contributed by atoms with Crippen molar-refractivity contribution in [2.24, 2.45) is 17.6 Å². The zero-order valence-corrected chi connectivity index (χ0v) is 13.7. The van der Waals surface area contributed by atoms with Crippen molar-refractivity contribution in [3.8, 4) is 5.75 Å². The van der Waals surface area contributed by atoms with Gasteiger partial charge < -0.3 is 15.4 Å². The fraction of sp³-hybridized carbons (Fsp3) is 0.611. The van der Waals surface area contributed by atoms with E-state index in [1.807, 2.05) is 35.2 Å². The Morgan fingerprint density at radius 2 is 1.91 bits per heavy atom. The van der Waals surface area contributed by atoms with Gasteiger partial charge in [0.1, 0.15) is 5.75 Å². The third-order valence-corrected chi connectivity index (χ3v) is 4.20. The number of nitrogens with zero attached hydrogens (tertiary/aromatic N) is 1. The Morgan fingerprint density at radius 1 is 1.27 bits per heavy atom. The van der Waals surface area contributed by atoms with Gasteiger partial charge >= 0.3 is 0 Å². The number of hydrogen-bond donors (Lipinski definition) is 1. The lowest BCUT2D eigenvalue weighted by Crippen LogP contribution is -2.48. The number of rotatable bonds is 6. The predicted molar refractivity (Wildman–Crippen MR) is 88.7 cm³/mol. The highest BCUT2D eigenvalue weighted by atomic mass is 16.5. The number of para-hydroxylation sites is 1. The van der Waals surface area contributed by atoms with Gasteiger partial charge in [-0.15, -0.1) is 0 Å². The van der Waals surface area contributed by atoms with E-state index in [4.69, 9.17) is 10.5 Å². The molecule has 1 heterocycles. The van der Waals surface area contributed by atoms with Crippen molar-refractivity contribution >= 4 is 5.91 Å². The number of carbonyl (C=O) groups excluding carboxylic acids is 1. The van der Waals surface area contributed by atoms with Gasteiger partial charge in [0, 0.05) is 13.1 Å². The van der Waals surface area contributed by atoms with E-state index in [1.54, 1.807) is 0 Å². The molecule has 1 aliphatic heterocycles. The minimum atomic E-state index is -0.350. The number of amides is 1. The van der Waals surface area contributed by atoms with E-state index >= 15 is 0 Å². The molecule has 0 spiro atoms. The zero-order chi connectivity index (χ0) is 15.9. The summed E-state index contributed by atoms with van der Waals surface area (Å²) in [5.74, 6) is 2.00. The summed E-state index contributed by atoms with van der Waals surface area (Å²) in [6.45, 7) is 6.52. The van der Waals surface area contributed by atoms with Crippen molar-refractivity contribution in [1.29, 1.82) is 0 Å². The van der Waals surface area contributed by atoms with Crippen molar-refractivity contribution in [2.45, 2.75) is 39.2 Å². The molecule has 0 unspecified atom stereocenters. The van der Waals surface area contributed by atoms with Crippen LogP contribution in [0.1, 0.15) is 33.1 Å². The first kappa shape index (κ1) is 16.8. The number of benzene rings is 1. The van der Waals surface area contributed by atoms with Gasteiger partial charge in [-0.2, -0.15) is 0 Å². The van der Waals surface area contributed by atoms with E-state index in [1.165, 1.54) is 0 Å². The molecular weight excluding hydrogens is 276 g/mol. The zero-order valence-electron chi connectivity index (χ0n) is 13.7. The number of ether oxygens (including phenoxy) is 1. The molecule has 0 radical (unpaired) electrons. The van der Waals surface area contributed by atoms with E-state index in [-0.39, 0.29) is 11.9 Å². The first-order valence-corrected chi connectivity index (χ1v) is 8.28. The van der Waals surface area contributed by atoms with Crippen LogP contribution in [0.3, 0.4) is 0 Å². The van der Waals surface area contributed by atoms with E-state index < -0.39 is 0 Å². The van der Waals surface area contributed by atoms with Gasteiger partial charge in [0.05, 0.1) is 12.6 Å². The summed E-state index contributed by atoms with van der Waals surface area (Å²) in [6, 6.07) is 9.54. The number of nitrogens with two attached hydrogens (primary N) is 1. The lowest BCUT2D eigenvalue weighted by molar-refractivity contribution is -0.134. The second-order valence-electron chi connectivity index (χ2n) is 6.63. The van der Waals surface area contributed by atoms with Gasteiger partial charge in [-0.1, -0.05) is 32.0 Å². The monoisotopic (exact) mass is 304 g/mol. The molecule has 4 nitrogen and oxygen atoms in total. The van der Waals surface area contributed by atoms with Gasteiger partial charge in [0.15, 0.2) is 0 Å². The van der Waals surface area contributed by atoms with Crippen LogP contribution in [0.2, 0.25) is 0 Å². The molecule has 22 heavy (non-hydrogen) atoms. The minimum absolute atomic E-state index is 0.108. The summed E-state index contributed by atoms with van der Waals surface area (Å²) in [7, 11) is 0. The number of carbonyl (C=O) groups is 1. The lowest BCUT2D eigenvalue weighted by Gasteiger charge is -2.33. The van der Waals surface area contributed by atoms with E-state index in [0.717, 1.165) is 44.7 Å². The van der Waals surface area contributed by atoms with Crippen LogP contribution < -0.4 is 10.5 Å². The second kappa shape index (κ2) is 8.18. The molecule has 1 fully saturated rings. The molecule has 1 atom stereocenters. The van der Waals surface area contributed by atoms with E-state index in [9.17, 15) is 4.79 Å². The van der Waals surface area contributed by atoms with Crippen molar-refractivity contribution in [3.05, 3.63) is 30.3 Å². The molecule has 1 saturated heterocycles. The van der Waals surface area contributed by atoms with Gasteiger partial charge in [-0.05, 0) is 43.2 Å². The average Bonchev–Trinajstić information content (AvgIpc) is 2.53. The van der Waals surface area contributed by atoms with Crippen LogP contribution in [0.4, 0.5) is 0 Å². The Bertz CT molecular complexity index is 453. The lowest BCUT2D eigenvalue weighted by atomic mass is 9.96. The normalized spacial score (nSPS) is 17.5. The molecule has 122 valence electrons. The highest BCUT2D eigenvalue weighted by molar-refractivity contribution is 5.81. The molecule has 2 N–H and O–H groups in total. The van der Waals surface area contributed by atoms with Crippen LogP contribution in [-0.4, -0.2) is 36.5 Å². The Morgan fingerprint density at radius 3 is 2.50 bits per heavy atom. The number of likely N-dealkylation sites (tertiary alicyclic amines) is 1. The molecule has 0 aliphatic carbocycles. The summed E-state index contributed by atoms with van der Waals surface area (Å²) in [5, 5.41) is 0. The smallest absolute Gasteiger partial charge is 0.239 e. The molecule has 0 aromatic heterocycles. The summed E-state index contributed by atoms with van der Waals surface area (Å²) in [4.78, 5) is 14.2. The maximum absolute atomic E-state index is 12.3. The molecule has 2 rings (SSSR count). The Kier molecular flexibility index (Phi) is 6.25. The fourth-order valence-electron chi connectivity index (χ4n) is 2.89. The average molecular weight is 304 g/mol. The van der Waals surface area contributed by atoms with Crippen molar-refractivity contribution < 1.29 is 9.53 Å². The third kappa shape index (κ3) is 5.02. The van der Waals surface area contributed by atoms with Gasteiger partial charge in [0.2, 0.25) is 5.91 Å². The van der Waals surface area contributed by atoms with Crippen LogP contribution in [-0.2, 0) is 4.79 Å². The maximum Gasteiger partial charge on any atom is 0.239 e. The van der Waals surface area contributed by atoms with Gasteiger partial charge in [-0.3, -0.25) is 4.79 Å². The van der Waals surface area contributed by atoms with Crippen LogP contribution in [0.15, 0.2) is 30.3 Å². The highest BCUT2D eigenvalue weighted by Crippen LogP contribution is 2.20. The topological polar surface area (TPSA) is 55.6 Å². The molecule has 1 aliphatic rings. The van der Waals surface area contributed by atoms with Crippen molar-refractivity contribution in [1.82, 2.24) is 4.90 Å². The molecule has 0 bridgehead atoms. The Balaban J connectivity index is 1.72. The minimum Gasteiger partial charge on any atom is -0.493 e. The third-order valence-electron chi connectivity index (χ3n) is 4.20. The standard InChI is InChI=1S/C18H28N2O2/c1-14(2)12-17(19)18(21)20-10-8-15(9-11-20)13-22-16-6-4-3-5-7-16/h3-7,14-15,17H,8-13,19H2,1-2H3/t17-/m0/s1. The largest absolute Gasteiger partial charge is 0.493 e. The first-order chi connectivity index (χ1) is 10.6. The molecular formula is C18H28N2O2. The van der Waals surface area contributed by atoms with Crippen molar-refractivity contribution in [3.63, 3.8) is 0 Å². The molecule has 1 aromatic carbocycles. The fourth-order valence-corrected chi connectivity index (χ4v) is 2.89. The highest BCUT2D eigenvalue weighted by Gasteiger charge is 2.26. The van der Waals surface area contributed by atoms with Gasteiger partial charge in [-0.25, -0.2) is 0 Å². The van der Waals surface area contributed by atoms with Crippen molar-refractivity contribution in [2.75, 3.05) is 19.7 Å². The SMILES string of the molecule is CC(C)C[C@H](N)C(=O)N1CCC(COc2ccccc2)CC1. The van der Waals surface area contributed by atoms with E-state index in [2.05, 4.69) is 13.8 Å². The first-order valence-electron chi connectivity index (χ1n) is 8.28. The molecule has 1 aromatic rings. The Hall–Kier alpha value is -1.55. The molecule has 4 heteroatoms. The molecule has 1 amide bonds. The summed E-state index contributed by atoms with van der Waals surface area (Å²) < 4.78 is 5.81. The van der Waals surface area contributed by atoms with Crippen LogP contribution >= 0.6 is 0 Å². The summed E-state index contributed by atoms with van der Waals surface area (Å²) in [6.07, 6.45) is 2.75. The predicted octanol–water partition coefficient (Wildman–Crippen LogP) is 2.68. The quantitative estimate of drug-likeness (QED) is 0.879. The van der Waals surface area contributed by atoms with Gasteiger partial charge in [0.25, 0.3) is 0 Å². The number of piperidine rings is 1. The Labute approximate surface area is 133 Å². The van der Waals surface area contributed by atoms with Crippen LogP contribution in [0.5, 0.6) is 5.75 Å². The van der Waals surface area contributed by atoms with E-state index in [0.29, 0.717) is 11.8 Å². The maximum atomic E-state index is 12.3. The summed E-state index contributed by atoms with van der Waals surface area (Å²) >= 11 is 0. The summed E-state index contributed by atoms with van der Waals surface area (Å²) in [5.41, 5.74) is 6.00.